The van der Waals surface area contributed by atoms with Gasteiger partial charge in [0, 0.05) is 19.0 Å². The lowest BCUT2D eigenvalue weighted by Crippen LogP contribution is -2.51. The normalized spacial score (nSPS) is 28.7. The molecule has 0 unspecified atom stereocenters. The summed E-state index contributed by atoms with van der Waals surface area (Å²) in [5.74, 6) is 1.43. The smallest absolute Gasteiger partial charge is 0.225 e. The maximum absolute atomic E-state index is 12.5. The number of hydrogen-bond acceptors (Lipinski definition) is 2. The number of likely N-dealkylation sites (tertiary alicyclic amines) is 1. The molecule has 3 rings (SSSR count). The van der Waals surface area contributed by atoms with Crippen LogP contribution in [-0.2, 0) is 4.79 Å². The molecule has 3 nitrogen and oxygen atoms in total. The Balaban J connectivity index is 1.56. The number of carbonyl (C=O) groups excluding carboxylic acids is 1. The standard InChI is InChI=1S/C20H29NO2/c1-14(2)16-5-4-6-17(11-16)15-7-9-21(10-8-15)19(22)18-12-20(3,23)13-18/h4-6,11,14-15,18,23H,7-10,12-13H2,1-3H3. The number of carbonyl (C=O) groups is 1. The molecule has 1 aliphatic heterocycles. The Bertz CT molecular complexity index is 563. The van der Waals surface area contributed by atoms with Gasteiger partial charge < -0.3 is 10.0 Å². The van der Waals surface area contributed by atoms with Crippen LogP contribution in [0.1, 0.15) is 69.4 Å². The van der Waals surface area contributed by atoms with E-state index in [1.165, 1.54) is 11.1 Å². The summed E-state index contributed by atoms with van der Waals surface area (Å²) in [5.41, 5.74) is 2.21. The fourth-order valence-electron chi connectivity index (χ4n) is 4.04. The predicted octanol–water partition coefficient (Wildman–Crippen LogP) is 3.68. The monoisotopic (exact) mass is 315 g/mol. The lowest BCUT2D eigenvalue weighted by molar-refractivity contribution is -0.150. The molecule has 126 valence electrons. The van der Waals surface area contributed by atoms with E-state index in [0.29, 0.717) is 24.7 Å². The van der Waals surface area contributed by atoms with Crippen molar-refractivity contribution in [1.82, 2.24) is 4.90 Å². The van der Waals surface area contributed by atoms with Crippen LogP contribution in [0.15, 0.2) is 24.3 Å². The Morgan fingerprint density at radius 2 is 1.91 bits per heavy atom. The summed E-state index contributed by atoms with van der Waals surface area (Å²) in [6, 6.07) is 8.95. The van der Waals surface area contributed by atoms with Crippen LogP contribution < -0.4 is 0 Å². The van der Waals surface area contributed by atoms with Gasteiger partial charge in [-0.05, 0) is 55.6 Å². The van der Waals surface area contributed by atoms with Crippen molar-refractivity contribution in [3.63, 3.8) is 0 Å². The summed E-state index contributed by atoms with van der Waals surface area (Å²) < 4.78 is 0. The van der Waals surface area contributed by atoms with Crippen LogP contribution in [0.2, 0.25) is 0 Å². The second-order valence-corrected chi connectivity index (χ2v) is 8.03. The van der Waals surface area contributed by atoms with Gasteiger partial charge in [0.1, 0.15) is 0 Å². The highest BCUT2D eigenvalue weighted by Gasteiger charge is 2.44. The number of piperidine rings is 1. The van der Waals surface area contributed by atoms with Crippen molar-refractivity contribution in [2.75, 3.05) is 13.1 Å². The number of benzene rings is 1. The first kappa shape index (κ1) is 16.5. The van der Waals surface area contributed by atoms with Gasteiger partial charge in [-0.15, -0.1) is 0 Å². The zero-order valence-corrected chi connectivity index (χ0v) is 14.6. The second kappa shape index (κ2) is 6.27. The van der Waals surface area contributed by atoms with Crippen molar-refractivity contribution in [3.05, 3.63) is 35.4 Å². The lowest BCUT2D eigenvalue weighted by Gasteiger charge is -2.43. The first-order chi connectivity index (χ1) is 10.9. The summed E-state index contributed by atoms with van der Waals surface area (Å²) in [4.78, 5) is 14.5. The molecule has 0 atom stereocenters. The molecule has 1 amide bonds. The van der Waals surface area contributed by atoms with Gasteiger partial charge in [-0.25, -0.2) is 0 Å². The van der Waals surface area contributed by atoms with Gasteiger partial charge in [0.25, 0.3) is 0 Å². The zero-order valence-electron chi connectivity index (χ0n) is 14.6. The van der Waals surface area contributed by atoms with Crippen LogP contribution in [-0.4, -0.2) is 34.6 Å². The van der Waals surface area contributed by atoms with Crippen LogP contribution in [0.5, 0.6) is 0 Å². The van der Waals surface area contributed by atoms with Gasteiger partial charge in [0.2, 0.25) is 5.91 Å². The van der Waals surface area contributed by atoms with Crippen molar-refractivity contribution in [2.45, 2.75) is 63.9 Å². The highest BCUT2D eigenvalue weighted by Crippen LogP contribution is 2.39. The Morgan fingerprint density at radius 3 is 2.48 bits per heavy atom. The summed E-state index contributed by atoms with van der Waals surface area (Å²) in [7, 11) is 0. The van der Waals surface area contributed by atoms with Crippen LogP contribution in [0, 0.1) is 5.92 Å². The summed E-state index contributed by atoms with van der Waals surface area (Å²) in [6.07, 6.45) is 3.36. The Kier molecular flexibility index (Phi) is 4.50. The van der Waals surface area contributed by atoms with Crippen molar-refractivity contribution >= 4 is 5.91 Å². The average Bonchev–Trinajstić information content (AvgIpc) is 2.52. The van der Waals surface area contributed by atoms with Gasteiger partial charge in [-0.1, -0.05) is 38.1 Å². The van der Waals surface area contributed by atoms with Crippen molar-refractivity contribution < 1.29 is 9.90 Å². The fraction of sp³-hybridized carbons (Fsp3) is 0.650. The van der Waals surface area contributed by atoms with Crippen molar-refractivity contribution in [3.8, 4) is 0 Å². The third-order valence-corrected chi connectivity index (χ3v) is 5.58. The molecule has 0 bridgehead atoms. The molecule has 0 radical (unpaired) electrons. The van der Waals surface area contributed by atoms with Crippen molar-refractivity contribution in [1.29, 1.82) is 0 Å². The Labute approximate surface area is 139 Å². The molecule has 3 heteroatoms. The van der Waals surface area contributed by atoms with E-state index < -0.39 is 5.60 Å². The third kappa shape index (κ3) is 3.60. The largest absolute Gasteiger partial charge is 0.390 e. The number of nitrogens with zero attached hydrogens (tertiary/aromatic N) is 1. The molecule has 1 aliphatic carbocycles. The fourth-order valence-corrected chi connectivity index (χ4v) is 4.04. The quantitative estimate of drug-likeness (QED) is 0.924. The minimum Gasteiger partial charge on any atom is -0.390 e. The van der Waals surface area contributed by atoms with E-state index in [-0.39, 0.29) is 11.8 Å². The van der Waals surface area contributed by atoms with Crippen LogP contribution in [0.3, 0.4) is 0 Å². The maximum Gasteiger partial charge on any atom is 0.225 e. The topological polar surface area (TPSA) is 40.5 Å². The minimum atomic E-state index is -0.615. The molecule has 1 aromatic rings. The molecule has 23 heavy (non-hydrogen) atoms. The molecule has 1 heterocycles. The van der Waals surface area contributed by atoms with E-state index in [1.54, 1.807) is 0 Å². The third-order valence-electron chi connectivity index (χ3n) is 5.58. The summed E-state index contributed by atoms with van der Waals surface area (Å²) >= 11 is 0. The second-order valence-electron chi connectivity index (χ2n) is 8.03. The highest BCUT2D eigenvalue weighted by molar-refractivity contribution is 5.80. The van der Waals surface area contributed by atoms with Gasteiger partial charge in [-0.3, -0.25) is 4.79 Å². The number of amides is 1. The van der Waals surface area contributed by atoms with Gasteiger partial charge >= 0.3 is 0 Å². The van der Waals surface area contributed by atoms with E-state index >= 15 is 0 Å². The van der Waals surface area contributed by atoms with Crippen LogP contribution in [0.4, 0.5) is 0 Å². The molecule has 1 saturated heterocycles. The van der Waals surface area contributed by atoms with Crippen LogP contribution >= 0.6 is 0 Å². The molecular weight excluding hydrogens is 286 g/mol. The SMILES string of the molecule is CC(C)c1cccc(C2CCN(C(=O)C3CC(C)(O)C3)CC2)c1. The number of rotatable bonds is 3. The zero-order chi connectivity index (χ0) is 16.6. The molecule has 1 saturated carbocycles. The first-order valence-electron chi connectivity index (χ1n) is 8.97. The number of aliphatic hydroxyl groups is 1. The lowest BCUT2D eigenvalue weighted by atomic mass is 9.71. The predicted molar refractivity (Wildman–Crippen MR) is 92.4 cm³/mol. The Morgan fingerprint density at radius 1 is 1.26 bits per heavy atom. The summed E-state index contributed by atoms with van der Waals surface area (Å²) in [5, 5.41) is 9.82. The minimum absolute atomic E-state index is 0.0471. The van der Waals surface area contributed by atoms with Crippen molar-refractivity contribution in [2.24, 2.45) is 5.92 Å². The van der Waals surface area contributed by atoms with Crippen LogP contribution in [0.25, 0.3) is 0 Å². The first-order valence-corrected chi connectivity index (χ1v) is 8.97. The van der Waals surface area contributed by atoms with E-state index in [4.69, 9.17) is 0 Å². The highest BCUT2D eigenvalue weighted by atomic mass is 16.3. The molecule has 0 spiro atoms. The molecule has 1 aromatic carbocycles. The molecular formula is C20H29NO2. The maximum atomic E-state index is 12.5. The number of hydrogen-bond donors (Lipinski definition) is 1. The van der Waals surface area contributed by atoms with E-state index in [1.807, 2.05) is 11.8 Å². The van der Waals surface area contributed by atoms with Gasteiger partial charge in [0.15, 0.2) is 0 Å². The molecule has 1 N–H and O–H groups in total. The Hall–Kier alpha value is -1.35. The van der Waals surface area contributed by atoms with Gasteiger partial charge in [0.05, 0.1) is 5.60 Å². The summed E-state index contributed by atoms with van der Waals surface area (Å²) in [6.45, 7) is 7.99. The average molecular weight is 315 g/mol. The molecule has 2 aliphatic rings. The van der Waals surface area contributed by atoms with E-state index in [9.17, 15) is 9.90 Å². The van der Waals surface area contributed by atoms with E-state index in [0.717, 1.165) is 25.9 Å². The molecule has 2 fully saturated rings. The van der Waals surface area contributed by atoms with Gasteiger partial charge in [-0.2, -0.15) is 0 Å². The van der Waals surface area contributed by atoms with E-state index in [2.05, 4.69) is 38.1 Å². The molecule has 0 aromatic heterocycles.